The zero-order valence-corrected chi connectivity index (χ0v) is 15.4. The third kappa shape index (κ3) is 3.73. The summed E-state index contributed by atoms with van der Waals surface area (Å²) in [6.07, 6.45) is 2.95. The smallest absolute Gasteiger partial charge is 0.268 e. The summed E-state index contributed by atoms with van der Waals surface area (Å²) >= 11 is 0. The molecule has 2 N–H and O–H groups in total. The van der Waals surface area contributed by atoms with Crippen LogP contribution in [0.5, 0.6) is 0 Å². The molecule has 4 rings (SSSR count). The summed E-state index contributed by atoms with van der Waals surface area (Å²) in [5.41, 5.74) is 1.38. The summed E-state index contributed by atoms with van der Waals surface area (Å²) < 4.78 is 23.9. The topological polar surface area (TPSA) is 101 Å². The van der Waals surface area contributed by atoms with Gasteiger partial charge in [-0.2, -0.15) is 0 Å². The average molecular weight is 393 g/mol. The number of halogens is 1. The molecular formula is C21H16FN3O4. The van der Waals surface area contributed by atoms with Crippen LogP contribution < -0.4 is 5.32 Å². The van der Waals surface area contributed by atoms with Crippen LogP contribution in [-0.2, 0) is 6.54 Å². The minimum Gasteiger partial charge on any atom is -0.467 e. The number of hydrogen-bond donors (Lipinski definition) is 2. The molecule has 0 aliphatic heterocycles. The monoisotopic (exact) mass is 393 g/mol. The molecule has 8 heteroatoms. The average Bonchev–Trinajstić information content (AvgIpc) is 3.46. The number of rotatable bonds is 6. The van der Waals surface area contributed by atoms with Crippen LogP contribution in [0.2, 0.25) is 0 Å². The van der Waals surface area contributed by atoms with Gasteiger partial charge >= 0.3 is 0 Å². The molecule has 1 aromatic carbocycles. The Morgan fingerprint density at radius 1 is 1.21 bits per heavy atom. The third-order valence-corrected chi connectivity index (χ3v) is 4.38. The first-order valence-corrected chi connectivity index (χ1v) is 8.79. The summed E-state index contributed by atoms with van der Waals surface area (Å²) in [6, 6.07) is 10.7. The number of furan rings is 1. The number of nitrogens with one attached hydrogen (secondary N) is 2. The van der Waals surface area contributed by atoms with Crippen molar-refractivity contribution in [2.45, 2.75) is 13.5 Å². The standard InChI is InChI=1S/C21H16FN3O4/c1-12-18(19(25-29-12)13-4-2-5-15(22)8-13)20(26)14-9-17(23-10-14)21(27)24-11-16-6-3-7-28-16/h2-10,23H,11H2,1H3,(H,24,27). The van der Waals surface area contributed by atoms with E-state index in [-0.39, 0.29) is 40.7 Å². The van der Waals surface area contributed by atoms with Crippen molar-refractivity contribution in [1.29, 1.82) is 0 Å². The number of carbonyl (C=O) groups is 2. The van der Waals surface area contributed by atoms with E-state index in [9.17, 15) is 14.0 Å². The second-order valence-electron chi connectivity index (χ2n) is 6.37. The van der Waals surface area contributed by atoms with Crippen molar-refractivity contribution >= 4 is 11.7 Å². The Hall–Kier alpha value is -3.94. The number of aryl methyl sites for hydroxylation is 1. The SMILES string of the molecule is Cc1onc(-c2cccc(F)c2)c1C(=O)c1c[nH]c(C(=O)NCc2ccco2)c1. The maximum absolute atomic E-state index is 13.6. The summed E-state index contributed by atoms with van der Waals surface area (Å²) in [4.78, 5) is 28.1. The molecule has 3 aromatic heterocycles. The number of ketones is 1. The van der Waals surface area contributed by atoms with Crippen molar-refractivity contribution in [3.05, 3.63) is 89.1 Å². The number of amides is 1. The van der Waals surface area contributed by atoms with E-state index in [0.717, 1.165) is 0 Å². The molecule has 0 aliphatic carbocycles. The van der Waals surface area contributed by atoms with Gasteiger partial charge in [-0.15, -0.1) is 0 Å². The van der Waals surface area contributed by atoms with E-state index < -0.39 is 5.82 Å². The van der Waals surface area contributed by atoms with Crippen LogP contribution in [0.1, 0.15) is 37.9 Å². The van der Waals surface area contributed by atoms with Crippen molar-refractivity contribution in [2.24, 2.45) is 0 Å². The fraction of sp³-hybridized carbons (Fsp3) is 0.0952. The Morgan fingerprint density at radius 2 is 2.07 bits per heavy atom. The van der Waals surface area contributed by atoms with Crippen LogP contribution >= 0.6 is 0 Å². The van der Waals surface area contributed by atoms with Crippen LogP contribution in [0.4, 0.5) is 4.39 Å². The molecule has 0 radical (unpaired) electrons. The Balaban J connectivity index is 1.57. The highest BCUT2D eigenvalue weighted by Crippen LogP contribution is 2.28. The van der Waals surface area contributed by atoms with Gasteiger partial charge in [-0.05, 0) is 37.3 Å². The number of hydrogen-bond acceptors (Lipinski definition) is 5. The lowest BCUT2D eigenvalue weighted by Crippen LogP contribution is -2.22. The highest BCUT2D eigenvalue weighted by Gasteiger charge is 2.24. The molecule has 0 bridgehead atoms. The molecule has 0 aliphatic rings. The van der Waals surface area contributed by atoms with E-state index in [1.807, 2.05) is 0 Å². The molecule has 146 valence electrons. The van der Waals surface area contributed by atoms with Gasteiger partial charge in [0.25, 0.3) is 5.91 Å². The van der Waals surface area contributed by atoms with Crippen LogP contribution in [0, 0.1) is 12.7 Å². The summed E-state index contributed by atoms with van der Waals surface area (Å²) in [5, 5.41) is 6.61. The highest BCUT2D eigenvalue weighted by atomic mass is 19.1. The number of benzene rings is 1. The molecular weight excluding hydrogens is 377 g/mol. The number of carbonyl (C=O) groups excluding carboxylic acids is 2. The molecule has 7 nitrogen and oxygen atoms in total. The molecule has 0 fully saturated rings. The molecule has 0 saturated carbocycles. The fourth-order valence-corrected chi connectivity index (χ4v) is 2.95. The van der Waals surface area contributed by atoms with E-state index in [1.165, 1.54) is 36.7 Å². The van der Waals surface area contributed by atoms with E-state index >= 15 is 0 Å². The second kappa shape index (κ2) is 7.59. The van der Waals surface area contributed by atoms with E-state index in [4.69, 9.17) is 8.94 Å². The Bertz CT molecular complexity index is 1170. The molecule has 0 spiro atoms. The van der Waals surface area contributed by atoms with Crippen molar-refractivity contribution in [3.63, 3.8) is 0 Å². The second-order valence-corrected chi connectivity index (χ2v) is 6.37. The molecule has 0 saturated heterocycles. The van der Waals surface area contributed by atoms with Crippen LogP contribution in [0.3, 0.4) is 0 Å². The lowest BCUT2D eigenvalue weighted by Gasteiger charge is -2.02. The highest BCUT2D eigenvalue weighted by molar-refractivity contribution is 6.13. The molecule has 29 heavy (non-hydrogen) atoms. The van der Waals surface area contributed by atoms with Crippen molar-refractivity contribution in [2.75, 3.05) is 0 Å². The van der Waals surface area contributed by atoms with Crippen molar-refractivity contribution in [3.8, 4) is 11.3 Å². The zero-order chi connectivity index (χ0) is 20.4. The van der Waals surface area contributed by atoms with Gasteiger partial charge in [0.1, 0.15) is 28.7 Å². The van der Waals surface area contributed by atoms with Gasteiger partial charge in [-0.1, -0.05) is 17.3 Å². The Labute approximate surface area is 164 Å². The summed E-state index contributed by atoms with van der Waals surface area (Å²) in [6.45, 7) is 1.83. The van der Waals surface area contributed by atoms with E-state index in [2.05, 4.69) is 15.5 Å². The normalized spacial score (nSPS) is 10.8. The predicted octanol–water partition coefficient (Wildman–Crippen LogP) is 3.87. The van der Waals surface area contributed by atoms with Crippen LogP contribution in [-0.4, -0.2) is 21.8 Å². The first-order chi connectivity index (χ1) is 14.0. The third-order valence-electron chi connectivity index (χ3n) is 4.38. The number of aromatic nitrogens is 2. The van der Waals surface area contributed by atoms with Gasteiger partial charge in [0, 0.05) is 17.3 Å². The number of H-pyrrole nitrogens is 1. The van der Waals surface area contributed by atoms with E-state index in [1.54, 1.807) is 25.1 Å². The lowest BCUT2D eigenvalue weighted by atomic mass is 9.99. The number of nitrogens with zero attached hydrogens (tertiary/aromatic N) is 1. The Morgan fingerprint density at radius 3 is 2.83 bits per heavy atom. The number of aromatic amines is 1. The fourth-order valence-electron chi connectivity index (χ4n) is 2.95. The molecule has 0 unspecified atom stereocenters. The van der Waals surface area contributed by atoms with E-state index in [0.29, 0.717) is 17.1 Å². The minimum absolute atomic E-state index is 0.220. The van der Waals surface area contributed by atoms with Gasteiger partial charge < -0.3 is 19.2 Å². The predicted molar refractivity (Wildman–Crippen MR) is 101 cm³/mol. The van der Waals surface area contributed by atoms with Crippen LogP contribution in [0.25, 0.3) is 11.3 Å². The summed E-state index contributed by atoms with van der Waals surface area (Å²) in [7, 11) is 0. The first-order valence-electron chi connectivity index (χ1n) is 8.79. The largest absolute Gasteiger partial charge is 0.467 e. The van der Waals surface area contributed by atoms with Crippen molar-refractivity contribution in [1.82, 2.24) is 15.5 Å². The quantitative estimate of drug-likeness (QED) is 0.484. The lowest BCUT2D eigenvalue weighted by molar-refractivity contribution is 0.0943. The molecule has 4 aromatic rings. The van der Waals surface area contributed by atoms with Gasteiger partial charge in [0.2, 0.25) is 0 Å². The minimum atomic E-state index is -0.446. The van der Waals surface area contributed by atoms with Crippen molar-refractivity contribution < 1.29 is 22.9 Å². The molecule has 1 amide bonds. The maximum atomic E-state index is 13.6. The van der Waals surface area contributed by atoms with Gasteiger partial charge in [0.05, 0.1) is 18.4 Å². The first kappa shape index (κ1) is 18.4. The van der Waals surface area contributed by atoms with Gasteiger partial charge in [0.15, 0.2) is 5.78 Å². The van der Waals surface area contributed by atoms with Gasteiger partial charge in [-0.3, -0.25) is 9.59 Å². The molecule has 0 atom stereocenters. The maximum Gasteiger partial charge on any atom is 0.268 e. The van der Waals surface area contributed by atoms with Gasteiger partial charge in [-0.25, -0.2) is 4.39 Å². The molecule has 3 heterocycles. The summed E-state index contributed by atoms with van der Waals surface area (Å²) in [5.74, 6) is -0.295. The zero-order valence-electron chi connectivity index (χ0n) is 15.4. The Kier molecular flexibility index (Phi) is 4.82. The van der Waals surface area contributed by atoms with Crippen LogP contribution in [0.15, 0.2) is 63.9 Å².